The molecule has 1 fully saturated rings. The van der Waals surface area contributed by atoms with Crippen molar-refractivity contribution in [2.45, 2.75) is 24.9 Å². The molecule has 180 valence electrons. The number of hydrogen-bond donors (Lipinski definition) is 7. The highest BCUT2D eigenvalue weighted by Gasteiger charge is 2.42. The highest BCUT2D eigenvalue weighted by molar-refractivity contribution is 7.66. The molecule has 2 heterocycles. The van der Waals surface area contributed by atoms with Crippen LogP contribution in [-0.4, -0.2) is 59.6 Å². The molecule has 0 radical (unpaired) electrons. The summed E-state index contributed by atoms with van der Waals surface area (Å²) in [5.74, 6) is 4.92. The molecule has 0 amide bonds. The van der Waals surface area contributed by atoms with E-state index in [4.69, 9.17) is 30.9 Å². The van der Waals surface area contributed by atoms with Gasteiger partial charge in [-0.2, -0.15) is 13.6 Å². The SMILES string of the molecule is NCC#Cc1cn([C@@H]2O[C@H](COP(=O)(O)OP(=O)(O)OP(=O)(O)O)C[C@H]2O)c(=O)nc1N. The van der Waals surface area contributed by atoms with Crippen LogP contribution in [0.5, 0.6) is 0 Å². The van der Waals surface area contributed by atoms with Gasteiger partial charge in [0.2, 0.25) is 0 Å². The predicted octanol–water partition coefficient (Wildman–Crippen LogP) is -1.87. The molecule has 32 heavy (non-hydrogen) atoms. The van der Waals surface area contributed by atoms with E-state index in [1.54, 1.807) is 0 Å². The zero-order chi connectivity index (χ0) is 24.3. The topological polar surface area (TPSA) is 276 Å². The summed E-state index contributed by atoms with van der Waals surface area (Å²) in [6.07, 6.45) is -2.80. The minimum Gasteiger partial charge on any atom is -0.388 e. The van der Waals surface area contributed by atoms with Crippen LogP contribution in [0.15, 0.2) is 11.0 Å². The second-order valence-corrected chi connectivity index (χ2v) is 10.5. The highest BCUT2D eigenvalue weighted by atomic mass is 31.3. The number of hydrogen-bond acceptors (Lipinski definition) is 12. The molecule has 0 aromatic carbocycles. The van der Waals surface area contributed by atoms with Gasteiger partial charge in [-0.1, -0.05) is 11.8 Å². The number of aliphatic hydroxyl groups is 1. The first-order valence-corrected chi connectivity index (χ1v) is 12.8. The molecule has 1 aliphatic heterocycles. The fraction of sp³-hybridized carbons (Fsp3) is 0.500. The van der Waals surface area contributed by atoms with Gasteiger partial charge in [-0.3, -0.25) is 9.09 Å². The van der Waals surface area contributed by atoms with Gasteiger partial charge in [0.05, 0.1) is 24.8 Å². The van der Waals surface area contributed by atoms with E-state index in [-0.39, 0.29) is 24.3 Å². The Morgan fingerprint density at radius 3 is 2.47 bits per heavy atom. The zero-order valence-electron chi connectivity index (χ0n) is 15.8. The standard InChI is InChI=1S/C12H19N4O13P3/c13-3-1-2-7-5-16(12(18)15-10(7)14)11-9(17)4-8(27-11)6-26-31(22,23)29-32(24,25)28-30(19,20)21/h5,8-9,11,17H,3-4,6,13H2,(H,22,23)(H,24,25)(H2,14,15,18)(H2,19,20,21)/t8-,9+,11+/m0/s1. The molecule has 20 heteroatoms. The fourth-order valence-electron chi connectivity index (χ4n) is 2.47. The smallest absolute Gasteiger partial charge is 0.388 e. The number of phosphoric ester groups is 1. The third kappa shape index (κ3) is 7.84. The second-order valence-electron chi connectivity index (χ2n) is 6.07. The Kier molecular flexibility index (Phi) is 8.54. The molecule has 1 aromatic heterocycles. The van der Waals surface area contributed by atoms with Crippen molar-refractivity contribution < 1.29 is 56.3 Å². The van der Waals surface area contributed by atoms with Gasteiger partial charge in [-0.05, 0) is 0 Å². The van der Waals surface area contributed by atoms with Crippen molar-refractivity contribution in [2.24, 2.45) is 5.73 Å². The number of aliphatic hydroxyl groups excluding tert-OH is 1. The molecular weight excluding hydrogens is 501 g/mol. The lowest BCUT2D eigenvalue weighted by atomic mass is 10.2. The van der Waals surface area contributed by atoms with Crippen LogP contribution in [0.1, 0.15) is 18.2 Å². The lowest BCUT2D eigenvalue weighted by Crippen LogP contribution is -2.32. The van der Waals surface area contributed by atoms with Gasteiger partial charge >= 0.3 is 29.2 Å². The Morgan fingerprint density at radius 1 is 1.22 bits per heavy atom. The van der Waals surface area contributed by atoms with E-state index in [1.165, 1.54) is 6.20 Å². The number of nitrogens with two attached hydrogens (primary N) is 2. The quantitative estimate of drug-likeness (QED) is 0.146. The molecule has 1 aromatic rings. The number of aromatic nitrogens is 2. The van der Waals surface area contributed by atoms with E-state index in [2.05, 4.69) is 30.0 Å². The van der Waals surface area contributed by atoms with Gasteiger partial charge in [0.15, 0.2) is 6.23 Å². The Balaban J connectivity index is 2.08. The van der Waals surface area contributed by atoms with Crippen LogP contribution < -0.4 is 17.2 Å². The van der Waals surface area contributed by atoms with E-state index < -0.39 is 54.2 Å². The number of nitrogen functional groups attached to an aromatic ring is 1. The first-order chi connectivity index (χ1) is 14.6. The Bertz CT molecular complexity index is 1110. The molecule has 17 nitrogen and oxygen atoms in total. The molecule has 0 aliphatic carbocycles. The summed E-state index contributed by atoms with van der Waals surface area (Å²) in [5.41, 5.74) is 10.1. The summed E-state index contributed by atoms with van der Waals surface area (Å²) < 4.78 is 51.6. The van der Waals surface area contributed by atoms with Crippen molar-refractivity contribution in [3.8, 4) is 11.8 Å². The summed E-state index contributed by atoms with van der Waals surface area (Å²) in [7, 11) is -16.6. The maximum absolute atomic E-state index is 12.1. The van der Waals surface area contributed by atoms with E-state index in [1.807, 2.05) is 0 Å². The molecule has 2 rings (SSSR count). The van der Waals surface area contributed by atoms with Crippen LogP contribution in [0.25, 0.3) is 0 Å². The van der Waals surface area contributed by atoms with Crippen LogP contribution in [0.3, 0.4) is 0 Å². The van der Waals surface area contributed by atoms with Crippen LogP contribution in [0.4, 0.5) is 5.82 Å². The zero-order valence-corrected chi connectivity index (χ0v) is 18.5. The number of phosphoric acid groups is 3. The molecule has 0 spiro atoms. The Morgan fingerprint density at radius 2 is 1.88 bits per heavy atom. The fourth-order valence-corrected chi connectivity index (χ4v) is 5.52. The van der Waals surface area contributed by atoms with Crippen LogP contribution in [-0.2, 0) is 31.6 Å². The van der Waals surface area contributed by atoms with Crippen molar-refractivity contribution in [1.29, 1.82) is 0 Å². The van der Waals surface area contributed by atoms with Crippen molar-refractivity contribution in [3.63, 3.8) is 0 Å². The van der Waals surface area contributed by atoms with Gasteiger partial charge in [0, 0.05) is 12.6 Å². The Hall–Kier alpha value is -1.47. The molecular formula is C12H19N4O13P3. The highest BCUT2D eigenvalue weighted by Crippen LogP contribution is 2.66. The molecule has 9 N–H and O–H groups in total. The van der Waals surface area contributed by atoms with Crippen LogP contribution in [0.2, 0.25) is 0 Å². The number of anilines is 1. The van der Waals surface area contributed by atoms with Crippen molar-refractivity contribution in [3.05, 3.63) is 22.2 Å². The van der Waals surface area contributed by atoms with Gasteiger partial charge < -0.3 is 40.9 Å². The molecule has 1 aliphatic rings. The van der Waals surface area contributed by atoms with E-state index >= 15 is 0 Å². The van der Waals surface area contributed by atoms with Crippen molar-refractivity contribution in [2.75, 3.05) is 18.9 Å². The molecule has 5 atom stereocenters. The minimum absolute atomic E-state index is 0.00376. The minimum atomic E-state index is -5.67. The first kappa shape index (κ1) is 26.8. The summed E-state index contributed by atoms with van der Waals surface area (Å²) in [6, 6.07) is 0. The number of nitrogens with zero attached hydrogens (tertiary/aromatic N) is 2. The summed E-state index contributed by atoms with van der Waals surface area (Å²) in [4.78, 5) is 51.3. The van der Waals surface area contributed by atoms with E-state index in [9.17, 15) is 28.5 Å². The summed E-state index contributed by atoms with van der Waals surface area (Å²) in [6.45, 7) is -0.794. The van der Waals surface area contributed by atoms with Gasteiger partial charge in [-0.25, -0.2) is 18.5 Å². The first-order valence-electron chi connectivity index (χ1n) is 8.32. The van der Waals surface area contributed by atoms with Gasteiger partial charge in [0.25, 0.3) is 0 Å². The number of ether oxygens (including phenoxy) is 1. The third-order valence-electron chi connectivity index (χ3n) is 3.59. The maximum Gasteiger partial charge on any atom is 0.490 e. The van der Waals surface area contributed by atoms with Crippen molar-refractivity contribution in [1.82, 2.24) is 9.55 Å². The number of rotatable bonds is 8. The monoisotopic (exact) mass is 520 g/mol. The lowest BCUT2D eigenvalue weighted by Gasteiger charge is -2.19. The van der Waals surface area contributed by atoms with Gasteiger partial charge in [-0.15, -0.1) is 0 Å². The molecule has 0 saturated carbocycles. The molecule has 1 saturated heterocycles. The lowest BCUT2D eigenvalue weighted by molar-refractivity contribution is -0.0523. The molecule has 0 bridgehead atoms. The van der Waals surface area contributed by atoms with E-state index in [0.717, 1.165) is 4.57 Å². The second kappa shape index (κ2) is 10.2. The largest absolute Gasteiger partial charge is 0.490 e. The summed E-state index contributed by atoms with van der Waals surface area (Å²) >= 11 is 0. The van der Waals surface area contributed by atoms with Crippen molar-refractivity contribution >= 4 is 29.3 Å². The third-order valence-corrected chi connectivity index (χ3v) is 7.39. The van der Waals surface area contributed by atoms with E-state index in [0.29, 0.717) is 0 Å². The van der Waals surface area contributed by atoms with Crippen LogP contribution >= 0.6 is 23.5 Å². The van der Waals surface area contributed by atoms with Crippen LogP contribution in [0, 0.1) is 11.8 Å². The van der Waals surface area contributed by atoms with Gasteiger partial charge in [0.1, 0.15) is 11.9 Å². The average molecular weight is 520 g/mol. The normalized spacial score (nSPS) is 24.9. The Labute approximate surface area is 179 Å². The average Bonchev–Trinajstić information content (AvgIpc) is 2.97. The molecule has 2 unspecified atom stereocenters. The summed E-state index contributed by atoms with van der Waals surface area (Å²) in [5, 5.41) is 10.2. The maximum atomic E-state index is 12.1. The predicted molar refractivity (Wildman–Crippen MR) is 103 cm³/mol.